The molecule has 1 aliphatic rings. The Bertz CT molecular complexity index is 184. The number of nitrogens with zero attached hydrogens (tertiary/aromatic N) is 1. The first-order valence-electron chi connectivity index (χ1n) is 4.10. The summed E-state index contributed by atoms with van der Waals surface area (Å²) < 4.78 is 0. The van der Waals surface area contributed by atoms with Crippen molar-refractivity contribution in [2.24, 2.45) is 0 Å². The predicted molar refractivity (Wildman–Crippen MR) is 57.4 cm³/mol. The lowest BCUT2D eigenvalue weighted by atomic mass is 10.3. The summed E-state index contributed by atoms with van der Waals surface area (Å²) in [7, 11) is 0. The molecule has 1 heterocycles. The average Bonchev–Trinajstić information content (AvgIpc) is 2.47. The fourth-order valence-electron chi connectivity index (χ4n) is 1.25. The smallest absolute Gasteiger partial charge is 0.0680 e. The minimum atomic E-state index is 0.260. The molecule has 0 aromatic heterocycles. The highest BCUT2D eigenvalue weighted by Crippen LogP contribution is 2.34. The van der Waals surface area contributed by atoms with Crippen molar-refractivity contribution in [3.63, 3.8) is 0 Å². The second-order valence-electron chi connectivity index (χ2n) is 2.61. The molecule has 0 spiro atoms. The van der Waals surface area contributed by atoms with Gasteiger partial charge < -0.3 is 10.0 Å². The van der Waals surface area contributed by atoms with Gasteiger partial charge in [-0.2, -0.15) is 0 Å². The molecule has 4 heteroatoms. The Balaban J connectivity index is 2.65. The van der Waals surface area contributed by atoms with Crippen molar-refractivity contribution >= 4 is 27.7 Å². The lowest BCUT2D eigenvalue weighted by molar-refractivity contribution is 0.300. The summed E-state index contributed by atoms with van der Waals surface area (Å²) in [6, 6.07) is 0. The van der Waals surface area contributed by atoms with Crippen LogP contribution in [0.15, 0.2) is 10.6 Å². The van der Waals surface area contributed by atoms with Crippen LogP contribution in [0.2, 0.25) is 0 Å². The van der Waals surface area contributed by atoms with Gasteiger partial charge in [-0.15, -0.1) is 11.8 Å². The molecule has 1 rings (SSSR count). The van der Waals surface area contributed by atoms with Crippen LogP contribution in [0.25, 0.3) is 0 Å². The summed E-state index contributed by atoms with van der Waals surface area (Å²) in [6.45, 7) is 3.48. The molecule has 0 saturated carbocycles. The van der Waals surface area contributed by atoms with E-state index in [-0.39, 0.29) is 6.61 Å². The quantitative estimate of drug-likeness (QED) is 0.774. The number of aliphatic hydroxyl groups excluding tert-OH is 1. The van der Waals surface area contributed by atoms with Crippen LogP contribution in [0.1, 0.15) is 13.3 Å². The third kappa shape index (κ3) is 2.18. The zero-order chi connectivity index (χ0) is 8.97. The highest BCUT2D eigenvalue weighted by Gasteiger charge is 2.19. The highest BCUT2D eigenvalue weighted by molar-refractivity contribution is 9.09. The molecule has 0 aromatic carbocycles. The molecule has 0 amide bonds. The van der Waals surface area contributed by atoms with Crippen molar-refractivity contribution in [3.8, 4) is 0 Å². The summed E-state index contributed by atoms with van der Waals surface area (Å²) in [5, 5.41) is 9.72. The Morgan fingerprint density at radius 3 is 2.92 bits per heavy atom. The van der Waals surface area contributed by atoms with Crippen LogP contribution in [0.4, 0.5) is 0 Å². The average molecular weight is 252 g/mol. The van der Waals surface area contributed by atoms with Gasteiger partial charge in [0.05, 0.1) is 5.88 Å². The Kier molecular flexibility index (Phi) is 4.46. The number of hydrogen-bond donors (Lipinski definition) is 1. The van der Waals surface area contributed by atoms with E-state index in [1.54, 1.807) is 0 Å². The van der Waals surface area contributed by atoms with Crippen LogP contribution in [0, 0.1) is 0 Å². The Morgan fingerprint density at radius 2 is 2.42 bits per heavy atom. The minimum Gasteiger partial charge on any atom is -0.396 e. The number of halogens is 1. The van der Waals surface area contributed by atoms with E-state index in [0.29, 0.717) is 0 Å². The van der Waals surface area contributed by atoms with E-state index in [9.17, 15) is 0 Å². The number of alkyl halides is 1. The van der Waals surface area contributed by atoms with Crippen LogP contribution < -0.4 is 0 Å². The Hall–Kier alpha value is 0.330. The minimum absolute atomic E-state index is 0.260. The first-order chi connectivity index (χ1) is 5.83. The normalized spacial score (nSPS) is 17.8. The van der Waals surface area contributed by atoms with E-state index in [1.807, 2.05) is 11.8 Å². The molecule has 0 saturated heterocycles. The second-order valence-corrected chi connectivity index (χ2v) is 4.21. The zero-order valence-electron chi connectivity index (χ0n) is 7.22. The molecule has 0 radical (unpaired) electrons. The molecule has 12 heavy (non-hydrogen) atoms. The van der Waals surface area contributed by atoms with Gasteiger partial charge in [-0.1, -0.05) is 15.9 Å². The van der Waals surface area contributed by atoms with Crippen LogP contribution in [-0.2, 0) is 0 Å². The molecule has 1 aliphatic heterocycles. The van der Waals surface area contributed by atoms with Crippen LogP contribution in [0.3, 0.4) is 0 Å². The van der Waals surface area contributed by atoms with Crippen molar-refractivity contribution < 1.29 is 5.11 Å². The van der Waals surface area contributed by atoms with Gasteiger partial charge in [0.25, 0.3) is 0 Å². The molecule has 0 atom stereocenters. The third-order valence-corrected chi connectivity index (χ3v) is 3.71. The zero-order valence-corrected chi connectivity index (χ0v) is 9.62. The van der Waals surface area contributed by atoms with Gasteiger partial charge in [-0.05, 0) is 6.92 Å². The molecule has 0 aliphatic carbocycles. The summed E-state index contributed by atoms with van der Waals surface area (Å²) >= 11 is 5.32. The maximum absolute atomic E-state index is 8.82. The number of rotatable bonds is 4. The van der Waals surface area contributed by atoms with E-state index in [1.165, 1.54) is 10.6 Å². The summed E-state index contributed by atoms with van der Waals surface area (Å²) in [5.74, 6) is 1.05. The number of thioether (sulfide) groups is 1. The van der Waals surface area contributed by atoms with E-state index in [4.69, 9.17) is 5.11 Å². The molecule has 2 nitrogen and oxygen atoms in total. The fraction of sp³-hybridized carbons (Fsp3) is 0.750. The molecule has 1 N–H and O–H groups in total. The van der Waals surface area contributed by atoms with Crippen LogP contribution in [0.5, 0.6) is 0 Å². The SMILES string of the molecule is CCN1CSC(CCO)=C1CBr. The molecule has 0 bridgehead atoms. The van der Waals surface area contributed by atoms with Crippen molar-refractivity contribution in [2.75, 3.05) is 24.4 Å². The molecule has 0 fully saturated rings. The van der Waals surface area contributed by atoms with Crippen molar-refractivity contribution in [3.05, 3.63) is 10.6 Å². The van der Waals surface area contributed by atoms with Gasteiger partial charge in [0.1, 0.15) is 0 Å². The monoisotopic (exact) mass is 251 g/mol. The van der Waals surface area contributed by atoms with Crippen LogP contribution in [-0.4, -0.2) is 34.4 Å². The second kappa shape index (κ2) is 5.14. The lowest BCUT2D eigenvalue weighted by Gasteiger charge is -2.17. The van der Waals surface area contributed by atoms with Gasteiger partial charge >= 0.3 is 0 Å². The standard InChI is InChI=1S/C8H14BrNOS/c1-2-10-6-12-8(3-4-11)7(10)5-9/h11H,2-6H2,1H3. The number of allylic oxidation sites excluding steroid dienone is 1. The van der Waals surface area contributed by atoms with Gasteiger partial charge in [0.2, 0.25) is 0 Å². The molecular formula is C8H14BrNOS. The molecule has 0 unspecified atom stereocenters. The first-order valence-corrected chi connectivity index (χ1v) is 6.20. The topological polar surface area (TPSA) is 23.5 Å². The molecular weight excluding hydrogens is 238 g/mol. The van der Waals surface area contributed by atoms with Crippen LogP contribution >= 0.6 is 27.7 Å². The third-order valence-electron chi connectivity index (χ3n) is 1.95. The summed E-state index contributed by atoms with van der Waals surface area (Å²) in [4.78, 5) is 3.68. The fourth-order valence-corrected chi connectivity index (χ4v) is 3.38. The highest BCUT2D eigenvalue weighted by atomic mass is 79.9. The molecule has 70 valence electrons. The van der Waals surface area contributed by atoms with Crippen molar-refractivity contribution in [1.82, 2.24) is 4.90 Å². The van der Waals surface area contributed by atoms with E-state index < -0.39 is 0 Å². The van der Waals surface area contributed by atoms with Gasteiger partial charge in [0.15, 0.2) is 0 Å². The van der Waals surface area contributed by atoms with Gasteiger partial charge in [-0.25, -0.2) is 0 Å². The van der Waals surface area contributed by atoms with Crippen molar-refractivity contribution in [1.29, 1.82) is 0 Å². The summed E-state index contributed by atoms with van der Waals surface area (Å²) in [6.07, 6.45) is 0.808. The largest absolute Gasteiger partial charge is 0.396 e. The lowest BCUT2D eigenvalue weighted by Crippen LogP contribution is -2.19. The first kappa shape index (κ1) is 10.4. The number of hydrogen-bond acceptors (Lipinski definition) is 3. The van der Waals surface area contributed by atoms with Gasteiger partial charge in [-0.3, -0.25) is 0 Å². The van der Waals surface area contributed by atoms with E-state index in [2.05, 4.69) is 27.8 Å². The Labute approximate surface area is 86.1 Å². The van der Waals surface area contributed by atoms with E-state index in [0.717, 1.165) is 24.2 Å². The predicted octanol–water partition coefficient (Wildman–Crippen LogP) is 2.00. The van der Waals surface area contributed by atoms with E-state index >= 15 is 0 Å². The maximum atomic E-state index is 8.82. The number of aliphatic hydroxyl groups is 1. The van der Waals surface area contributed by atoms with Crippen molar-refractivity contribution in [2.45, 2.75) is 13.3 Å². The molecule has 0 aromatic rings. The van der Waals surface area contributed by atoms with Gasteiger partial charge in [0, 0.05) is 35.5 Å². The summed E-state index contributed by atoms with van der Waals surface area (Å²) in [5.41, 5.74) is 1.36. The maximum Gasteiger partial charge on any atom is 0.0680 e. The Morgan fingerprint density at radius 1 is 1.67 bits per heavy atom.